The standard InChI is InChI=1S/C16H23N3O3/c1-18(2)11-15(20)19-10-14(16-13(19)6-4-8-21-16)22-12-5-3-7-17-9-12/h3,5,7,9,13-14,16H,4,6,8,10-11H2,1-2H3/t13-,14+,16+/m1/s1. The van der Waals surface area contributed by atoms with E-state index in [1.165, 1.54) is 0 Å². The molecule has 120 valence electrons. The number of hydrogen-bond donors (Lipinski definition) is 0. The molecule has 1 amide bonds. The summed E-state index contributed by atoms with van der Waals surface area (Å²) in [6, 6.07) is 3.86. The zero-order valence-corrected chi connectivity index (χ0v) is 13.1. The van der Waals surface area contributed by atoms with Crippen LogP contribution in [0.25, 0.3) is 0 Å². The summed E-state index contributed by atoms with van der Waals surface area (Å²) in [5.74, 6) is 0.866. The largest absolute Gasteiger partial charge is 0.484 e. The van der Waals surface area contributed by atoms with Gasteiger partial charge in [0.2, 0.25) is 5.91 Å². The second-order valence-electron chi connectivity index (χ2n) is 6.17. The van der Waals surface area contributed by atoms with Gasteiger partial charge in [0.15, 0.2) is 0 Å². The lowest BCUT2D eigenvalue weighted by atomic mass is 10.0. The van der Waals surface area contributed by atoms with Gasteiger partial charge < -0.3 is 19.3 Å². The minimum atomic E-state index is -0.124. The van der Waals surface area contributed by atoms with E-state index in [2.05, 4.69) is 4.98 Å². The number of likely N-dealkylation sites (tertiary alicyclic amines) is 1. The van der Waals surface area contributed by atoms with E-state index in [0.717, 1.165) is 25.2 Å². The van der Waals surface area contributed by atoms with Crippen molar-refractivity contribution in [2.24, 2.45) is 0 Å². The van der Waals surface area contributed by atoms with Gasteiger partial charge in [-0.3, -0.25) is 9.78 Å². The van der Waals surface area contributed by atoms with Crippen LogP contribution < -0.4 is 4.74 Å². The number of nitrogens with zero attached hydrogens (tertiary/aromatic N) is 3. The molecule has 3 rings (SSSR count). The van der Waals surface area contributed by atoms with Crippen molar-refractivity contribution in [1.82, 2.24) is 14.8 Å². The highest BCUT2D eigenvalue weighted by Gasteiger charge is 2.47. The van der Waals surface area contributed by atoms with E-state index < -0.39 is 0 Å². The Hall–Kier alpha value is -1.66. The molecule has 6 heteroatoms. The summed E-state index contributed by atoms with van der Waals surface area (Å²) in [5, 5.41) is 0. The van der Waals surface area contributed by atoms with Crippen molar-refractivity contribution in [2.45, 2.75) is 31.1 Å². The maximum Gasteiger partial charge on any atom is 0.237 e. The number of carbonyl (C=O) groups excluding carboxylic acids is 1. The average Bonchev–Trinajstić information content (AvgIpc) is 2.87. The Morgan fingerprint density at radius 3 is 3.14 bits per heavy atom. The topological polar surface area (TPSA) is 54.9 Å². The highest BCUT2D eigenvalue weighted by atomic mass is 16.5. The van der Waals surface area contributed by atoms with Crippen LogP contribution in [0, 0.1) is 0 Å². The van der Waals surface area contributed by atoms with Crippen LogP contribution in [0.5, 0.6) is 5.75 Å². The first-order chi connectivity index (χ1) is 10.6. The Morgan fingerprint density at radius 2 is 2.41 bits per heavy atom. The van der Waals surface area contributed by atoms with Crippen molar-refractivity contribution in [1.29, 1.82) is 0 Å². The molecule has 1 aromatic heterocycles. The monoisotopic (exact) mass is 305 g/mol. The SMILES string of the molecule is CN(C)CC(=O)N1C[C@H](Oc2cccnc2)[C@H]2OCCC[C@H]21. The molecule has 22 heavy (non-hydrogen) atoms. The van der Waals surface area contributed by atoms with E-state index >= 15 is 0 Å². The van der Waals surface area contributed by atoms with Gasteiger partial charge in [0, 0.05) is 12.8 Å². The number of fused-ring (bicyclic) bond motifs is 1. The average molecular weight is 305 g/mol. The number of aromatic nitrogens is 1. The second kappa shape index (κ2) is 6.62. The second-order valence-corrected chi connectivity index (χ2v) is 6.17. The van der Waals surface area contributed by atoms with Crippen molar-refractivity contribution < 1.29 is 14.3 Å². The summed E-state index contributed by atoms with van der Waals surface area (Å²) in [4.78, 5) is 20.4. The first kappa shape index (κ1) is 15.2. The molecule has 0 aromatic carbocycles. The van der Waals surface area contributed by atoms with Gasteiger partial charge in [-0.25, -0.2) is 0 Å². The molecule has 0 N–H and O–H groups in total. The number of rotatable bonds is 4. The Balaban J connectivity index is 1.73. The van der Waals surface area contributed by atoms with Gasteiger partial charge in [0.05, 0.1) is 25.3 Å². The minimum Gasteiger partial charge on any atom is -0.484 e. The van der Waals surface area contributed by atoms with Gasteiger partial charge in [-0.2, -0.15) is 0 Å². The molecule has 0 radical (unpaired) electrons. The van der Waals surface area contributed by atoms with Crippen LogP contribution in [0.15, 0.2) is 24.5 Å². The normalized spacial score (nSPS) is 27.8. The molecule has 0 spiro atoms. The molecule has 3 atom stereocenters. The summed E-state index contributed by atoms with van der Waals surface area (Å²) in [5.41, 5.74) is 0. The van der Waals surface area contributed by atoms with E-state index in [-0.39, 0.29) is 24.2 Å². The fourth-order valence-corrected chi connectivity index (χ4v) is 3.25. The molecule has 6 nitrogen and oxygen atoms in total. The zero-order chi connectivity index (χ0) is 15.5. The fourth-order valence-electron chi connectivity index (χ4n) is 3.25. The van der Waals surface area contributed by atoms with Gasteiger partial charge in [0.1, 0.15) is 18.0 Å². The molecule has 2 saturated heterocycles. The van der Waals surface area contributed by atoms with E-state index in [1.807, 2.05) is 36.0 Å². The third kappa shape index (κ3) is 3.23. The predicted molar refractivity (Wildman–Crippen MR) is 81.7 cm³/mol. The molecule has 0 unspecified atom stereocenters. The minimum absolute atomic E-state index is 0.0416. The predicted octanol–water partition coefficient (Wildman–Crippen LogP) is 0.780. The van der Waals surface area contributed by atoms with Crippen LogP contribution in [0.2, 0.25) is 0 Å². The van der Waals surface area contributed by atoms with Crippen LogP contribution in [0.1, 0.15) is 12.8 Å². The van der Waals surface area contributed by atoms with Gasteiger partial charge in [-0.1, -0.05) is 0 Å². The lowest BCUT2D eigenvalue weighted by Gasteiger charge is -2.32. The summed E-state index contributed by atoms with van der Waals surface area (Å²) >= 11 is 0. The first-order valence-electron chi connectivity index (χ1n) is 7.77. The first-order valence-corrected chi connectivity index (χ1v) is 7.77. The van der Waals surface area contributed by atoms with Crippen molar-refractivity contribution in [3.63, 3.8) is 0 Å². The maximum absolute atomic E-state index is 12.5. The van der Waals surface area contributed by atoms with Crippen LogP contribution >= 0.6 is 0 Å². The summed E-state index contributed by atoms with van der Waals surface area (Å²) < 4.78 is 12.0. The summed E-state index contributed by atoms with van der Waals surface area (Å²) in [6.45, 7) is 1.74. The number of hydrogen-bond acceptors (Lipinski definition) is 5. The third-order valence-corrected chi connectivity index (χ3v) is 4.17. The lowest BCUT2D eigenvalue weighted by molar-refractivity contribution is -0.135. The number of likely N-dealkylation sites (N-methyl/N-ethyl adjacent to an activating group) is 1. The van der Waals surface area contributed by atoms with Crippen LogP contribution in [0.4, 0.5) is 0 Å². The molecule has 0 aliphatic carbocycles. The highest BCUT2D eigenvalue weighted by molar-refractivity contribution is 5.79. The number of ether oxygens (including phenoxy) is 2. The van der Waals surface area contributed by atoms with Crippen molar-refractivity contribution in [3.05, 3.63) is 24.5 Å². The molecule has 3 heterocycles. The van der Waals surface area contributed by atoms with E-state index in [1.54, 1.807) is 12.4 Å². The summed E-state index contributed by atoms with van der Waals surface area (Å²) in [7, 11) is 3.82. The van der Waals surface area contributed by atoms with Crippen molar-refractivity contribution >= 4 is 5.91 Å². The molecule has 1 aromatic rings. The van der Waals surface area contributed by atoms with E-state index in [9.17, 15) is 4.79 Å². The Bertz CT molecular complexity index is 509. The highest BCUT2D eigenvalue weighted by Crippen LogP contribution is 2.31. The van der Waals surface area contributed by atoms with Crippen molar-refractivity contribution in [2.75, 3.05) is 33.8 Å². The Kier molecular flexibility index (Phi) is 4.59. The van der Waals surface area contributed by atoms with Crippen LogP contribution in [-0.2, 0) is 9.53 Å². The van der Waals surface area contributed by atoms with Crippen LogP contribution in [-0.4, -0.2) is 72.7 Å². The summed E-state index contributed by atoms with van der Waals surface area (Å²) in [6.07, 6.45) is 5.22. The number of pyridine rings is 1. The number of carbonyl (C=O) groups is 1. The Labute approximate surface area is 131 Å². The van der Waals surface area contributed by atoms with Crippen LogP contribution in [0.3, 0.4) is 0 Å². The van der Waals surface area contributed by atoms with E-state index in [0.29, 0.717) is 13.1 Å². The smallest absolute Gasteiger partial charge is 0.237 e. The maximum atomic E-state index is 12.5. The molecule has 2 fully saturated rings. The van der Waals surface area contributed by atoms with Gasteiger partial charge >= 0.3 is 0 Å². The Morgan fingerprint density at radius 1 is 1.55 bits per heavy atom. The molecule has 2 aliphatic rings. The van der Waals surface area contributed by atoms with Gasteiger partial charge in [0.25, 0.3) is 0 Å². The fraction of sp³-hybridized carbons (Fsp3) is 0.625. The van der Waals surface area contributed by atoms with Gasteiger partial charge in [-0.15, -0.1) is 0 Å². The molecule has 0 bridgehead atoms. The molecule has 0 saturated carbocycles. The quantitative estimate of drug-likeness (QED) is 0.823. The molecular formula is C16H23N3O3. The zero-order valence-electron chi connectivity index (χ0n) is 13.1. The molecular weight excluding hydrogens is 282 g/mol. The lowest BCUT2D eigenvalue weighted by Crippen LogP contribution is -2.46. The molecule has 2 aliphatic heterocycles. The van der Waals surface area contributed by atoms with Gasteiger partial charge in [-0.05, 0) is 39.1 Å². The third-order valence-electron chi connectivity index (χ3n) is 4.17. The van der Waals surface area contributed by atoms with Crippen molar-refractivity contribution in [3.8, 4) is 5.75 Å². The number of amides is 1. The van der Waals surface area contributed by atoms with E-state index in [4.69, 9.17) is 9.47 Å².